The molecule has 0 saturated carbocycles. The summed E-state index contributed by atoms with van der Waals surface area (Å²) in [7, 11) is 1.33. The quantitative estimate of drug-likeness (QED) is 0.690. The molecule has 0 fully saturated rings. The van der Waals surface area contributed by atoms with Crippen molar-refractivity contribution in [2.24, 2.45) is 0 Å². The minimum Gasteiger partial charge on any atom is -0.465 e. The van der Waals surface area contributed by atoms with Crippen LogP contribution in [-0.2, 0) is 9.53 Å². The van der Waals surface area contributed by atoms with E-state index in [1.165, 1.54) is 7.11 Å². The van der Waals surface area contributed by atoms with Gasteiger partial charge in [0.2, 0.25) is 5.91 Å². The van der Waals surface area contributed by atoms with E-state index in [-0.39, 0.29) is 12.5 Å². The van der Waals surface area contributed by atoms with E-state index < -0.39 is 5.97 Å². The zero-order chi connectivity index (χ0) is 18.5. The van der Waals surface area contributed by atoms with Gasteiger partial charge in [0.1, 0.15) is 0 Å². The summed E-state index contributed by atoms with van der Waals surface area (Å²) in [5.74, 6) is -0.593. The molecule has 2 aromatic carbocycles. The molecule has 0 spiro atoms. The van der Waals surface area contributed by atoms with Crippen molar-refractivity contribution in [3.63, 3.8) is 0 Å². The van der Waals surface area contributed by atoms with Gasteiger partial charge in [0.25, 0.3) is 0 Å². The molecule has 1 amide bonds. The lowest BCUT2D eigenvalue weighted by Gasteiger charge is -2.12. The maximum absolute atomic E-state index is 12.3. The van der Waals surface area contributed by atoms with E-state index in [0.29, 0.717) is 11.3 Å². The van der Waals surface area contributed by atoms with Crippen LogP contribution < -0.4 is 10.6 Å². The van der Waals surface area contributed by atoms with Gasteiger partial charge in [-0.3, -0.25) is 9.78 Å². The van der Waals surface area contributed by atoms with Gasteiger partial charge in [0.15, 0.2) is 0 Å². The number of hydrogen-bond acceptors (Lipinski definition) is 5. The van der Waals surface area contributed by atoms with Crippen LogP contribution in [0.2, 0.25) is 0 Å². The molecule has 26 heavy (non-hydrogen) atoms. The Labute approximate surface area is 151 Å². The molecular formula is C20H19N3O3. The van der Waals surface area contributed by atoms with Crippen molar-refractivity contribution in [1.82, 2.24) is 4.98 Å². The molecule has 1 heterocycles. The van der Waals surface area contributed by atoms with Crippen molar-refractivity contribution in [2.75, 3.05) is 24.3 Å². The number of aryl methyl sites for hydroxylation is 1. The van der Waals surface area contributed by atoms with Gasteiger partial charge >= 0.3 is 5.97 Å². The number of hydrogen-bond donors (Lipinski definition) is 2. The second-order valence-electron chi connectivity index (χ2n) is 5.81. The first kappa shape index (κ1) is 17.4. The van der Waals surface area contributed by atoms with Crippen LogP contribution in [0, 0.1) is 6.92 Å². The van der Waals surface area contributed by atoms with E-state index in [0.717, 1.165) is 22.0 Å². The van der Waals surface area contributed by atoms with E-state index >= 15 is 0 Å². The zero-order valence-electron chi connectivity index (χ0n) is 14.6. The third-order valence-corrected chi connectivity index (χ3v) is 4.10. The monoisotopic (exact) mass is 349 g/mol. The van der Waals surface area contributed by atoms with Crippen LogP contribution in [0.25, 0.3) is 10.8 Å². The molecular weight excluding hydrogens is 330 g/mol. The lowest BCUT2D eigenvalue weighted by Crippen LogP contribution is -2.22. The van der Waals surface area contributed by atoms with Crippen LogP contribution in [0.1, 0.15) is 15.9 Å². The lowest BCUT2D eigenvalue weighted by atomic mass is 10.1. The summed E-state index contributed by atoms with van der Waals surface area (Å²) in [6, 6.07) is 12.5. The molecule has 6 nitrogen and oxygen atoms in total. The molecule has 132 valence electrons. The van der Waals surface area contributed by atoms with Gasteiger partial charge in [0.05, 0.1) is 19.2 Å². The molecule has 1 aromatic heterocycles. The average Bonchev–Trinajstić information content (AvgIpc) is 2.68. The van der Waals surface area contributed by atoms with Gasteiger partial charge in [-0.15, -0.1) is 0 Å². The molecule has 0 aliphatic carbocycles. The minimum absolute atomic E-state index is 0.0818. The van der Waals surface area contributed by atoms with Gasteiger partial charge < -0.3 is 15.4 Å². The van der Waals surface area contributed by atoms with Gasteiger partial charge in [-0.05, 0) is 48.2 Å². The molecule has 3 rings (SSSR count). The largest absolute Gasteiger partial charge is 0.465 e. The lowest BCUT2D eigenvalue weighted by molar-refractivity contribution is -0.114. The summed E-state index contributed by atoms with van der Waals surface area (Å²) in [4.78, 5) is 27.9. The average molecular weight is 349 g/mol. The number of ether oxygens (including phenoxy) is 1. The number of benzene rings is 2. The maximum Gasteiger partial charge on any atom is 0.337 e. The number of methoxy groups -OCH3 is 1. The number of anilines is 2. The normalized spacial score (nSPS) is 10.4. The van der Waals surface area contributed by atoms with Crippen molar-refractivity contribution < 1.29 is 14.3 Å². The predicted molar refractivity (Wildman–Crippen MR) is 101 cm³/mol. The van der Waals surface area contributed by atoms with Gasteiger partial charge in [0, 0.05) is 29.2 Å². The summed E-state index contributed by atoms with van der Waals surface area (Å²) >= 11 is 0. The molecule has 0 bridgehead atoms. The SMILES string of the molecule is COC(=O)c1cccc(NCC(=O)Nc2ccc3cnccc3c2C)c1. The Bertz CT molecular complexity index is 969. The van der Waals surface area contributed by atoms with Crippen LogP contribution in [0.5, 0.6) is 0 Å². The van der Waals surface area contributed by atoms with Crippen LogP contribution >= 0.6 is 0 Å². The molecule has 0 aliphatic heterocycles. The Balaban J connectivity index is 1.66. The Hall–Kier alpha value is -3.41. The summed E-state index contributed by atoms with van der Waals surface area (Å²) in [6.45, 7) is 2.05. The number of fused-ring (bicyclic) bond motifs is 1. The summed E-state index contributed by atoms with van der Waals surface area (Å²) < 4.78 is 4.69. The fourth-order valence-electron chi connectivity index (χ4n) is 2.71. The second kappa shape index (κ2) is 7.65. The highest BCUT2D eigenvalue weighted by atomic mass is 16.5. The number of nitrogens with one attached hydrogen (secondary N) is 2. The third kappa shape index (κ3) is 3.80. The first-order chi connectivity index (χ1) is 12.6. The number of nitrogens with zero attached hydrogens (tertiary/aromatic N) is 1. The van der Waals surface area contributed by atoms with Crippen LogP contribution in [0.4, 0.5) is 11.4 Å². The highest BCUT2D eigenvalue weighted by Crippen LogP contribution is 2.24. The van der Waals surface area contributed by atoms with E-state index in [9.17, 15) is 9.59 Å². The standard InChI is InChI=1S/C20H19N3O3/c1-13-17-8-9-21-11-15(17)6-7-18(13)23-19(24)12-22-16-5-3-4-14(10-16)20(25)26-2/h3-11,22H,12H2,1-2H3,(H,23,24). The number of carbonyl (C=O) groups is 2. The van der Waals surface area contributed by atoms with Crippen molar-refractivity contribution in [1.29, 1.82) is 0 Å². The second-order valence-corrected chi connectivity index (χ2v) is 5.81. The Morgan fingerprint density at radius 3 is 2.81 bits per heavy atom. The number of rotatable bonds is 5. The number of amides is 1. The van der Waals surface area contributed by atoms with Gasteiger partial charge in [-0.25, -0.2) is 4.79 Å². The Morgan fingerprint density at radius 1 is 1.15 bits per heavy atom. The maximum atomic E-state index is 12.3. The highest BCUT2D eigenvalue weighted by molar-refractivity contribution is 5.98. The fraction of sp³-hybridized carbons (Fsp3) is 0.150. The number of aromatic nitrogens is 1. The van der Waals surface area contributed by atoms with Crippen molar-refractivity contribution in [2.45, 2.75) is 6.92 Å². The third-order valence-electron chi connectivity index (χ3n) is 4.10. The summed E-state index contributed by atoms with van der Waals surface area (Å²) in [6.07, 6.45) is 3.53. The molecule has 3 aromatic rings. The van der Waals surface area contributed by atoms with Crippen molar-refractivity contribution in [3.8, 4) is 0 Å². The number of pyridine rings is 1. The molecule has 0 saturated heterocycles. The highest BCUT2D eigenvalue weighted by Gasteiger charge is 2.09. The summed E-state index contributed by atoms with van der Waals surface area (Å²) in [5, 5.41) is 8.00. The zero-order valence-corrected chi connectivity index (χ0v) is 14.6. The topological polar surface area (TPSA) is 80.3 Å². The van der Waals surface area contributed by atoms with Gasteiger partial charge in [-0.1, -0.05) is 12.1 Å². The van der Waals surface area contributed by atoms with Crippen LogP contribution in [0.3, 0.4) is 0 Å². The molecule has 0 aliphatic rings. The minimum atomic E-state index is -0.417. The van der Waals surface area contributed by atoms with Crippen LogP contribution in [0.15, 0.2) is 54.9 Å². The molecule has 6 heteroatoms. The van der Waals surface area contributed by atoms with Crippen LogP contribution in [-0.4, -0.2) is 30.5 Å². The molecule has 2 N–H and O–H groups in total. The van der Waals surface area contributed by atoms with E-state index in [2.05, 4.69) is 15.6 Å². The van der Waals surface area contributed by atoms with Gasteiger partial charge in [-0.2, -0.15) is 0 Å². The molecule has 0 atom stereocenters. The first-order valence-corrected chi connectivity index (χ1v) is 8.14. The molecule has 0 radical (unpaired) electrons. The van der Waals surface area contributed by atoms with E-state index in [1.54, 1.807) is 36.7 Å². The Kier molecular flexibility index (Phi) is 5.12. The number of carbonyl (C=O) groups excluding carboxylic acids is 2. The predicted octanol–water partition coefficient (Wildman–Crippen LogP) is 3.38. The Morgan fingerprint density at radius 2 is 2.00 bits per heavy atom. The van der Waals surface area contributed by atoms with Crippen molar-refractivity contribution >= 4 is 34.0 Å². The number of esters is 1. The smallest absolute Gasteiger partial charge is 0.337 e. The van der Waals surface area contributed by atoms with Crippen molar-refractivity contribution in [3.05, 3.63) is 66.0 Å². The summed E-state index contributed by atoms with van der Waals surface area (Å²) in [5.41, 5.74) is 2.85. The fourth-order valence-corrected chi connectivity index (χ4v) is 2.71. The first-order valence-electron chi connectivity index (χ1n) is 8.14. The van der Waals surface area contributed by atoms with E-state index in [4.69, 9.17) is 4.74 Å². The molecule has 0 unspecified atom stereocenters. The van der Waals surface area contributed by atoms with E-state index in [1.807, 2.05) is 25.1 Å².